The standard InChI is InChI=1S/C15H27N5O2/c1-4-12(13(21)11(2)3)17-14(22)15(8-6-5-7-9-15)20-10-16-18-19-20/h10-13,21H,4-9H2,1-3H3,(H,17,22). The summed E-state index contributed by atoms with van der Waals surface area (Å²) < 4.78 is 1.59. The van der Waals surface area contributed by atoms with Crippen molar-refractivity contribution in [2.24, 2.45) is 5.92 Å². The van der Waals surface area contributed by atoms with E-state index in [4.69, 9.17) is 0 Å². The van der Waals surface area contributed by atoms with Gasteiger partial charge in [-0.2, -0.15) is 0 Å². The first-order valence-corrected chi connectivity index (χ1v) is 8.23. The van der Waals surface area contributed by atoms with Crippen molar-refractivity contribution in [2.75, 3.05) is 0 Å². The van der Waals surface area contributed by atoms with Crippen LogP contribution in [0.3, 0.4) is 0 Å². The lowest BCUT2D eigenvalue weighted by molar-refractivity contribution is -0.134. The lowest BCUT2D eigenvalue weighted by Crippen LogP contribution is -2.55. The van der Waals surface area contributed by atoms with E-state index in [2.05, 4.69) is 20.8 Å². The van der Waals surface area contributed by atoms with Gasteiger partial charge in [-0.1, -0.05) is 40.0 Å². The van der Waals surface area contributed by atoms with Crippen LogP contribution in [0, 0.1) is 5.92 Å². The second kappa shape index (κ2) is 7.17. The van der Waals surface area contributed by atoms with Gasteiger partial charge in [0.05, 0.1) is 12.1 Å². The number of tetrazole rings is 1. The number of aliphatic hydroxyl groups excluding tert-OH is 1. The SMILES string of the molecule is CCC(NC(=O)C1(n2cnnn2)CCCCC1)C(O)C(C)C. The van der Waals surface area contributed by atoms with E-state index in [1.54, 1.807) is 4.68 Å². The lowest BCUT2D eigenvalue weighted by Gasteiger charge is -2.37. The van der Waals surface area contributed by atoms with Gasteiger partial charge in [0.1, 0.15) is 11.9 Å². The average Bonchev–Trinajstić information content (AvgIpc) is 3.07. The van der Waals surface area contributed by atoms with Gasteiger partial charge in [-0.05, 0) is 35.6 Å². The van der Waals surface area contributed by atoms with Crippen LogP contribution >= 0.6 is 0 Å². The molecule has 2 N–H and O–H groups in total. The molecule has 22 heavy (non-hydrogen) atoms. The quantitative estimate of drug-likeness (QED) is 0.825. The van der Waals surface area contributed by atoms with E-state index in [-0.39, 0.29) is 17.9 Å². The predicted octanol–water partition coefficient (Wildman–Crippen LogP) is 1.24. The average molecular weight is 309 g/mol. The zero-order valence-corrected chi connectivity index (χ0v) is 13.7. The van der Waals surface area contributed by atoms with Crippen LogP contribution in [0.4, 0.5) is 0 Å². The number of amides is 1. The summed E-state index contributed by atoms with van der Waals surface area (Å²) in [5, 5.41) is 24.7. The third-order valence-corrected chi connectivity index (χ3v) is 4.74. The number of rotatable bonds is 6. The highest BCUT2D eigenvalue weighted by atomic mass is 16.3. The molecule has 1 heterocycles. The smallest absolute Gasteiger partial charge is 0.248 e. The topological polar surface area (TPSA) is 92.9 Å². The molecule has 0 radical (unpaired) electrons. The molecular weight excluding hydrogens is 282 g/mol. The monoisotopic (exact) mass is 309 g/mol. The Bertz CT molecular complexity index is 468. The van der Waals surface area contributed by atoms with Gasteiger partial charge in [-0.3, -0.25) is 4.79 Å². The van der Waals surface area contributed by atoms with Gasteiger partial charge in [-0.25, -0.2) is 4.68 Å². The minimum Gasteiger partial charge on any atom is -0.391 e. The highest BCUT2D eigenvalue weighted by Gasteiger charge is 2.43. The first-order valence-electron chi connectivity index (χ1n) is 8.23. The minimum atomic E-state index is -0.716. The van der Waals surface area contributed by atoms with Crippen LogP contribution in [0.5, 0.6) is 0 Å². The molecule has 2 unspecified atom stereocenters. The fraction of sp³-hybridized carbons (Fsp3) is 0.867. The zero-order valence-electron chi connectivity index (χ0n) is 13.7. The third-order valence-electron chi connectivity index (χ3n) is 4.74. The number of hydrogen-bond donors (Lipinski definition) is 2. The molecule has 1 aromatic rings. The Morgan fingerprint density at radius 3 is 2.55 bits per heavy atom. The van der Waals surface area contributed by atoms with E-state index in [1.165, 1.54) is 6.33 Å². The van der Waals surface area contributed by atoms with E-state index in [1.807, 2.05) is 20.8 Å². The summed E-state index contributed by atoms with van der Waals surface area (Å²) in [4.78, 5) is 13.0. The van der Waals surface area contributed by atoms with Crippen LogP contribution in [-0.4, -0.2) is 43.4 Å². The van der Waals surface area contributed by atoms with Crippen LogP contribution in [-0.2, 0) is 10.3 Å². The summed E-state index contributed by atoms with van der Waals surface area (Å²) >= 11 is 0. The summed E-state index contributed by atoms with van der Waals surface area (Å²) in [6, 6.07) is -0.247. The zero-order chi connectivity index (χ0) is 16.2. The summed E-state index contributed by atoms with van der Waals surface area (Å²) in [5.74, 6) is 0.0200. The van der Waals surface area contributed by atoms with E-state index >= 15 is 0 Å². The summed E-state index contributed by atoms with van der Waals surface area (Å²) in [5.41, 5.74) is -0.716. The van der Waals surface area contributed by atoms with Crippen molar-refractivity contribution >= 4 is 5.91 Å². The van der Waals surface area contributed by atoms with Crippen molar-refractivity contribution in [2.45, 2.75) is 77.0 Å². The summed E-state index contributed by atoms with van der Waals surface area (Å²) in [7, 11) is 0. The number of carbonyl (C=O) groups excluding carboxylic acids is 1. The lowest BCUT2D eigenvalue weighted by atomic mass is 9.80. The number of nitrogens with zero attached hydrogens (tertiary/aromatic N) is 4. The Morgan fingerprint density at radius 2 is 2.05 bits per heavy atom. The molecule has 0 bridgehead atoms. The van der Waals surface area contributed by atoms with Crippen LogP contribution in [0.2, 0.25) is 0 Å². The molecule has 2 atom stereocenters. The van der Waals surface area contributed by atoms with Crippen LogP contribution < -0.4 is 5.32 Å². The minimum absolute atomic E-state index is 0.0777. The molecule has 1 aromatic heterocycles. The van der Waals surface area contributed by atoms with E-state index in [9.17, 15) is 9.90 Å². The van der Waals surface area contributed by atoms with Gasteiger partial charge >= 0.3 is 0 Å². The van der Waals surface area contributed by atoms with Crippen LogP contribution in [0.25, 0.3) is 0 Å². The highest BCUT2D eigenvalue weighted by molar-refractivity contribution is 5.84. The van der Waals surface area contributed by atoms with Crippen molar-refractivity contribution in [3.05, 3.63) is 6.33 Å². The summed E-state index contributed by atoms with van der Waals surface area (Å²) in [6.07, 6.45) is 6.22. The van der Waals surface area contributed by atoms with E-state index in [0.29, 0.717) is 6.42 Å². The van der Waals surface area contributed by atoms with Crippen molar-refractivity contribution in [3.8, 4) is 0 Å². The number of aliphatic hydroxyl groups is 1. The molecule has 124 valence electrons. The second-order valence-corrected chi connectivity index (χ2v) is 6.57. The maximum Gasteiger partial charge on any atom is 0.248 e. The number of aromatic nitrogens is 4. The maximum atomic E-state index is 13.0. The molecule has 1 fully saturated rings. The molecule has 0 aliphatic heterocycles. The van der Waals surface area contributed by atoms with Crippen molar-refractivity contribution < 1.29 is 9.90 Å². The molecule has 0 spiro atoms. The van der Waals surface area contributed by atoms with Gasteiger partial charge in [0.2, 0.25) is 5.91 Å². The van der Waals surface area contributed by atoms with E-state index in [0.717, 1.165) is 32.1 Å². The molecule has 1 amide bonds. The summed E-state index contributed by atoms with van der Waals surface area (Å²) in [6.45, 7) is 5.88. The molecule has 2 rings (SSSR count). The van der Waals surface area contributed by atoms with Crippen LogP contribution in [0.15, 0.2) is 6.33 Å². The van der Waals surface area contributed by atoms with E-state index < -0.39 is 11.6 Å². The molecule has 1 aliphatic rings. The molecule has 7 nitrogen and oxygen atoms in total. The van der Waals surface area contributed by atoms with Gasteiger partial charge < -0.3 is 10.4 Å². The largest absolute Gasteiger partial charge is 0.391 e. The van der Waals surface area contributed by atoms with Crippen LogP contribution in [0.1, 0.15) is 59.3 Å². The first-order chi connectivity index (χ1) is 10.5. The fourth-order valence-electron chi connectivity index (χ4n) is 3.25. The normalized spacial score (nSPS) is 20.6. The Labute approximate surface area is 131 Å². The number of carbonyl (C=O) groups is 1. The van der Waals surface area contributed by atoms with Crippen molar-refractivity contribution in [1.82, 2.24) is 25.5 Å². The third kappa shape index (κ3) is 3.29. The highest BCUT2D eigenvalue weighted by Crippen LogP contribution is 2.34. The van der Waals surface area contributed by atoms with Gasteiger partial charge in [0.15, 0.2) is 0 Å². The van der Waals surface area contributed by atoms with Gasteiger partial charge in [0, 0.05) is 0 Å². The first kappa shape index (κ1) is 16.9. The van der Waals surface area contributed by atoms with Crippen molar-refractivity contribution in [3.63, 3.8) is 0 Å². The number of hydrogen-bond acceptors (Lipinski definition) is 5. The van der Waals surface area contributed by atoms with Crippen molar-refractivity contribution in [1.29, 1.82) is 0 Å². The Morgan fingerprint density at radius 1 is 1.36 bits per heavy atom. The maximum absolute atomic E-state index is 13.0. The van der Waals surface area contributed by atoms with Gasteiger partial charge in [-0.15, -0.1) is 5.10 Å². The predicted molar refractivity (Wildman–Crippen MR) is 81.9 cm³/mol. The molecule has 7 heteroatoms. The molecular formula is C15H27N5O2. The Hall–Kier alpha value is -1.50. The Kier molecular flexibility index (Phi) is 5.50. The Balaban J connectivity index is 2.19. The number of nitrogens with one attached hydrogen (secondary N) is 1. The molecule has 0 aromatic carbocycles. The molecule has 1 aliphatic carbocycles. The second-order valence-electron chi connectivity index (χ2n) is 6.57. The molecule has 1 saturated carbocycles. The fourth-order valence-corrected chi connectivity index (χ4v) is 3.25. The van der Waals surface area contributed by atoms with Gasteiger partial charge in [0.25, 0.3) is 0 Å². The molecule has 0 saturated heterocycles.